The van der Waals surface area contributed by atoms with Gasteiger partial charge in [0.25, 0.3) is 5.69 Å². The summed E-state index contributed by atoms with van der Waals surface area (Å²) in [5, 5.41) is 10.8. The Morgan fingerprint density at radius 1 is 1.14 bits per heavy atom. The van der Waals surface area contributed by atoms with Gasteiger partial charge < -0.3 is 9.47 Å². The van der Waals surface area contributed by atoms with E-state index in [0.29, 0.717) is 23.1 Å². The van der Waals surface area contributed by atoms with Crippen LogP contribution >= 0.6 is 11.6 Å². The Balaban J connectivity index is 2.37. The van der Waals surface area contributed by atoms with Gasteiger partial charge in [-0.1, -0.05) is 17.7 Å². The van der Waals surface area contributed by atoms with Crippen molar-refractivity contribution >= 4 is 17.3 Å². The van der Waals surface area contributed by atoms with Crippen molar-refractivity contribution in [3.63, 3.8) is 0 Å². The van der Waals surface area contributed by atoms with Crippen molar-refractivity contribution in [3.05, 3.63) is 57.6 Å². The molecule has 0 bridgehead atoms. The molecule has 2 aromatic rings. The quantitative estimate of drug-likeness (QED) is 0.465. The van der Waals surface area contributed by atoms with Crippen LogP contribution in [0, 0.1) is 17.0 Å². The largest absolute Gasteiger partial charge is 0.493 e. The van der Waals surface area contributed by atoms with E-state index in [9.17, 15) is 10.1 Å². The van der Waals surface area contributed by atoms with Crippen molar-refractivity contribution in [2.24, 2.45) is 0 Å². The fourth-order valence-corrected chi connectivity index (χ4v) is 2.09. The number of hydrogen-bond acceptors (Lipinski definition) is 4. The topological polar surface area (TPSA) is 61.6 Å². The van der Waals surface area contributed by atoms with Crippen molar-refractivity contribution in [2.45, 2.75) is 12.8 Å². The van der Waals surface area contributed by atoms with E-state index >= 15 is 0 Å². The number of rotatable bonds is 5. The van der Waals surface area contributed by atoms with E-state index in [0.717, 1.165) is 11.1 Å². The van der Waals surface area contributed by atoms with E-state index in [1.807, 2.05) is 25.1 Å². The minimum absolute atomic E-state index is 0.0549. The summed E-state index contributed by atoms with van der Waals surface area (Å²) in [6.07, 6.45) is 0. The molecule has 0 heterocycles. The van der Waals surface area contributed by atoms with Gasteiger partial charge >= 0.3 is 0 Å². The maximum absolute atomic E-state index is 10.8. The van der Waals surface area contributed by atoms with Gasteiger partial charge in [0.1, 0.15) is 5.75 Å². The van der Waals surface area contributed by atoms with Gasteiger partial charge in [-0.15, -0.1) is 11.6 Å². The summed E-state index contributed by atoms with van der Waals surface area (Å²) in [4.78, 5) is 10.3. The molecule has 0 saturated carbocycles. The fraction of sp³-hybridized carbons (Fsp3) is 0.200. The second kappa shape index (κ2) is 6.45. The Morgan fingerprint density at radius 2 is 1.86 bits per heavy atom. The molecule has 0 aliphatic heterocycles. The van der Waals surface area contributed by atoms with Crippen molar-refractivity contribution in [3.8, 4) is 17.2 Å². The lowest BCUT2D eigenvalue weighted by atomic mass is 10.1. The number of non-ortho nitro benzene ring substituents is 1. The highest BCUT2D eigenvalue weighted by Crippen LogP contribution is 2.36. The summed E-state index contributed by atoms with van der Waals surface area (Å²) in [5.41, 5.74) is 1.87. The predicted octanol–water partition coefficient (Wildman–Crippen LogP) is 4.44. The molecule has 0 saturated heterocycles. The molecule has 0 spiro atoms. The number of benzene rings is 2. The highest BCUT2D eigenvalue weighted by atomic mass is 35.5. The number of aryl methyl sites for hydroxylation is 1. The smallest absolute Gasteiger partial charge is 0.273 e. The lowest BCUT2D eigenvalue weighted by Gasteiger charge is -2.13. The molecule has 0 aliphatic rings. The third-order valence-electron chi connectivity index (χ3n) is 2.94. The summed E-state index contributed by atoms with van der Waals surface area (Å²) < 4.78 is 10.9. The van der Waals surface area contributed by atoms with Crippen LogP contribution in [-0.2, 0) is 5.88 Å². The Hall–Kier alpha value is -2.27. The van der Waals surface area contributed by atoms with Crippen LogP contribution in [0.3, 0.4) is 0 Å². The normalized spacial score (nSPS) is 10.2. The van der Waals surface area contributed by atoms with Crippen molar-refractivity contribution < 1.29 is 14.4 Å². The molecule has 2 rings (SSSR count). The van der Waals surface area contributed by atoms with Gasteiger partial charge in [0.15, 0.2) is 11.5 Å². The van der Waals surface area contributed by atoms with E-state index in [-0.39, 0.29) is 5.69 Å². The van der Waals surface area contributed by atoms with Crippen LogP contribution in [-0.4, -0.2) is 12.0 Å². The first-order valence-corrected chi connectivity index (χ1v) is 6.74. The minimum Gasteiger partial charge on any atom is -0.493 e. The average molecular weight is 308 g/mol. The van der Waals surface area contributed by atoms with Crippen LogP contribution in [0.4, 0.5) is 5.69 Å². The Morgan fingerprint density at radius 3 is 2.48 bits per heavy atom. The molecular weight excluding hydrogens is 294 g/mol. The Labute approximate surface area is 127 Å². The van der Waals surface area contributed by atoms with Gasteiger partial charge in [-0.05, 0) is 19.1 Å². The van der Waals surface area contributed by atoms with Crippen LogP contribution in [0.1, 0.15) is 11.1 Å². The third kappa shape index (κ3) is 3.44. The molecule has 2 aromatic carbocycles. The number of nitro benzene ring substituents is 1. The first-order valence-electron chi connectivity index (χ1n) is 6.21. The first-order chi connectivity index (χ1) is 10.0. The maximum Gasteiger partial charge on any atom is 0.273 e. The number of nitro groups is 1. The molecular formula is C15H14ClNO4. The van der Waals surface area contributed by atoms with Crippen molar-refractivity contribution in [1.29, 1.82) is 0 Å². The van der Waals surface area contributed by atoms with E-state index in [4.69, 9.17) is 21.1 Å². The molecule has 0 unspecified atom stereocenters. The molecule has 110 valence electrons. The zero-order chi connectivity index (χ0) is 15.4. The minimum atomic E-state index is -0.484. The molecule has 0 amide bonds. The first kappa shape index (κ1) is 15.1. The number of ether oxygens (including phenoxy) is 2. The van der Waals surface area contributed by atoms with Crippen molar-refractivity contribution in [1.82, 2.24) is 0 Å². The summed E-state index contributed by atoms with van der Waals surface area (Å²) in [5.74, 6) is 1.61. The second-order valence-electron chi connectivity index (χ2n) is 4.44. The van der Waals surface area contributed by atoms with E-state index < -0.39 is 4.92 Å². The summed E-state index contributed by atoms with van der Waals surface area (Å²) in [6, 6.07) is 9.85. The molecule has 0 aromatic heterocycles. The average Bonchev–Trinajstić information content (AvgIpc) is 2.49. The summed E-state index contributed by atoms with van der Waals surface area (Å²) in [6.45, 7) is 1.96. The third-order valence-corrected chi connectivity index (χ3v) is 3.23. The molecule has 6 heteroatoms. The molecule has 0 fully saturated rings. The summed E-state index contributed by atoms with van der Waals surface area (Å²) in [7, 11) is 1.43. The van der Waals surface area contributed by atoms with Gasteiger partial charge in [-0.3, -0.25) is 10.1 Å². The van der Waals surface area contributed by atoms with Crippen LogP contribution in [0.25, 0.3) is 0 Å². The standard InChI is InChI=1S/C15H14ClNO4/c1-10-3-5-13(11(7-10)9-16)21-14-6-4-12(17(18)19)8-15(14)20-2/h3-8H,9H2,1-2H3. The predicted molar refractivity (Wildman–Crippen MR) is 80.5 cm³/mol. The monoisotopic (exact) mass is 307 g/mol. The van der Waals surface area contributed by atoms with E-state index in [1.165, 1.54) is 25.3 Å². The maximum atomic E-state index is 10.8. The number of alkyl halides is 1. The lowest BCUT2D eigenvalue weighted by molar-refractivity contribution is -0.384. The number of nitrogens with zero attached hydrogens (tertiary/aromatic N) is 1. The number of methoxy groups -OCH3 is 1. The van der Waals surface area contributed by atoms with E-state index in [2.05, 4.69) is 0 Å². The second-order valence-corrected chi connectivity index (χ2v) is 4.71. The summed E-state index contributed by atoms with van der Waals surface area (Å²) >= 11 is 5.91. The molecule has 0 radical (unpaired) electrons. The van der Waals surface area contributed by atoms with Crippen LogP contribution in [0.5, 0.6) is 17.2 Å². The Bertz CT molecular complexity index is 673. The zero-order valence-electron chi connectivity index (χ0n) is 11.6. The highest BCUT2D eigenvalue weighted by molar-refractivity contribution is 6.17. The number of halogens is 1. The highest BCUT2D eigenvalue weighted by Gasteiger charge is 2.14. The van der Waals surface area contributed by atoms with Gasteiger partial charge in [0, 0.05) is 11.6 Å². The molecule has 0 atom stereocenters. The van der Waals surface area contributed by atoms with Crippen LogP contribution in [0.2, 0.25) is 0 Å². The van der Waals surface area contributed by atoms with E-state index in [1.54, 1.807) is 0 Å². The van der Waals surface area contributed by atoms with Gasteiger partial charge in [0.05, 0.1) is 24.0 Å². The Kier molecular flexibility index (Phi) is 4.65. The number of hydrogen-bond donors (Lipinski definition) is 0. The van der Waals surface area contributed by atoms with Gasteiger partial charge in [-0.2, -0.15) is 0 Å². The lowest BCUT2D eigenvalue weighted by Crippen LogP contribution is -1.95. The van der Waals surface area contributed by atoms with Crippen LogP contribution < -0.4 is 9.47 Å². The van der Waals surface area contributed by atoms with Gasteiger partial charge in [0.2, 0.25) is 0 Å². The molecule has 5 nitrogen and oxygen atoms in total. The van der Waals surface area contributed by atoms with Gasteiger partial charge in [-0.25, -0.2) is 0 Å². The van der Waals surface area contributed by atoms with Crippen LogP contribution in [0.15, 0.2) is 36.4 Å². The molecule has 0 aliphatic carbocycles. The SMILES string of the molecule is COc1cc([N+](=O)[O-])ccc1Oc1ccc(C)cc1CCl. The molecule has 0 N–H and O–H groups in total. The fourth-order valence-electron chi connectivity index (χ4n) is 1.88. The molecule has 21 heavy (non-hydrogen) atoms. The van der Waals surface area contributed by atoms with Crippen molar-refractivity contribution in [2.75, 3.05) is 7.11 Å². The zero-order valence-corrected chi connectivity index (χ0v) is 12.4.